The molecule has 6 heteroatoms. The summed E-state index contributed by atoms with van der Waals surface area (Å²) in [4.78, 5) is 5.12. The Kier molecular flexibility index (Phi) is 3.17. The number of nitrogen functional groups attached to an aromatic ring is 1. The van der Waals surface area contributed by atoms with Gasteiger partial charge in [-0.1, -0.05) is 6.92 Å². The molecule has 104 valence electrons. The maximum Gasteiger partial charge on any atom is 0.201 e. The lowest BCUT2D eigenvalue weighted by Gasteiger charge is -2.07. The van der Waals surface area contributed by atoms with E-state index in [-0.39, 0.29) is 11.5 Å². The van der Waals surface area contributed by atoms with Crippen molar-refractivity contribution in [2.45, 2.75) is 19.9 Å². The number of thiophene rings is 1. The molecule has 1 aromatic carbocycles. The maximum absolute atomic E-state index is 13.7. The molecule has 2 N–H and O–H groups in total. The molecule has 0 unspecified atom stereocenters. The normalized spacial score (nSPS) is 11.3. The van der Waals surface area contributed by atoms with Gasteiger partial charge in [-0.2, -0.15) is 0 Å². The first kappa shape index (κ1) is 13.1. The molecule has 3 nitrogen and oxygen atoms in total. The number of imidazole rings is 1. The maximum atomic E-state index is 13.7. The Morgan fingerprint density at radius 2 is 2.15 bits per heavy atom. The zero-order chi connectivity index (χ0) is 14.3. The van der Waals surface area contributed by atoms with Crippen LogP contribution in [0.4, 0.5) is 14.7 Å². The van der Waals surface area contributed by atoms with Gasteiger partial charge in [0, 0.05) is 17.0 Å². The van der Waals surface area contributed by atoms with E-state index in [4.69, 9.17) is 5.73 Å². The number of nitrogens with two attached hydrogens (primary N) is 1. The third-order valence-electron chi connectivity index (χ3n) is 3.32. The first-order chi connectivity index (χ1) is 9.60. The van der Waals surface area contributed by atoms with E-state index in [1.165, 1.54) is 11.6 Å². The Morgan fingerprint density at radius 1 is 1.35 bits per heavy atom. The molecule has 2 heterocycles. The van der Waals surface area contributed by atoms with Crippen LogP contribution < -0.4 is 5.73 Å². The van der Waals surface area contributed by atoms with Crippen molar-refractivity contribution in [2.75, 3.05) is 5.73 Å². The van der Waals surface area contributed by atoms with Crippen LogP contribution in [0.5, 0.6) is 0 Å². The van der Waals surface area contributed by atoms with Crippen LogP contribution in [0.25, 0.3) is 11.0 Å². The van der Waals surface area contributed by atoms with Crippen molar-refractivity contribution in [1.29, 1.82) is 0 Å². The number of anilines is 1. The van der Waals surface area contributed by atoms with Gasteiger partial charge in [0.15, 0.2) is 5.82 Å². The summed E-state index contributed by atoms with van der Waals surface area (Å²) in [5, 5.41) is 2.00. The fourth-order valence-electron chi connectivity index (χ4n) is 2.30. The number of rotatable bonds is 3. The number of halogens is 2. The summed E-state index contributed by atoms with van der Waals surface area (Å²) in [5.41, 5.74) is 7.56. The second-order valence-electron chi connectivity index (χ2n) is 4.53. The highest BCUT2D eigenvalue weighted by molar-refractivity contribution is 7.10. The zero-order valence-electron chi connectivity index (χ0n) is 10.9. The van der Waals surface area contributed by atoms with E-state index in [0.717, 1.165) is 17.4 Å². The van der Waals surface area contributed by atoms with Crippen LogP contribution in [0.1, 0.15) is 17.4 Å². The summed E-state index contributed by atoms with van der Waals surface area (Å²) in [6.45, 7) is 2.55. The summed E-state index contributed by atoms with van der Waals surface area (Å²) < 4.78 is 28.7. The van der Waals surface area contributed by atoms with Gasteiger partial charge in [-0.3, -0.25) is 0 Å². The lowest BCUT2D eigenvalue weighted by atomic mass is 10.2. The van der Waals surface area contributed by atoms with Crippen molar-refractivity contribution < 1.29 is 8.78 Å². The summed E-state index contributed by atoms with van der Waals surface area (Å²) >= 11 is 1.61. The number of nitrogens with zero attached hydrogens (tertiary/aromatic N) is 2. The molecule has 0 aliphatic carbocycles. The van der Waals surface area contributed by atoms with Crippen LogP contribution >= 0.6 is 11.3 Å². The highest BCUT2D eigenvalue weighted by Crippen LogP contribution is 2.26. The van der Waals surface area contributed by atoms with E-state index >= 15 is 0 Å². The van der Waals surface area contributed by atoms with Crippen LogP contribution in [0.3, 0.4) is 0 Å². The van der Waals surface area contributed by atoms with Gasteiger partial charge in [0.05, 0.1) is 12.1 Å². The number of hydrogen-bond acceptors (Lipinski definition) is 3. The van der Waals surface area contributed by atoms with Crippen molar-refractivity contribution in [3.8, 4) is 0 Å². The molecular formula is C14H13F2N3S. The Morgan fingerprint density at radius 3 is 2.90 bits per heavy atom. The van der Waals surface area contributed by atoms with E-state index in [2.05, 4.69) is 18.0 Å². The molecule has 0 saturated carbocycles. The van der Waals surface area contributed by atoms with Crippen molar-refractivity contribution >= 4 is 28.3 Å². The first-order valence-corrected chi connectivity index (χ1v) is 7.14. The van der Waals surface area contributed by atoms with Crippen molar-refractivity contribution in [2.24, 2.45) is 0 Å². The van der Waals surface area contributed by atoms with Gasteiger partial charge in [-0.25, -0.2) is 13.8 Å². The average molecular weight is 293 g/mol. The third kappa shape index (κ3) is 2.06. The highest BCUT2D eigenvalue weighted by Gasteiger charge is 2.15. The number of aryl methyl sites for hydroxylation is 1. The molecule has 2 aromatic heterocycles. The molecule has 0 amide bonds. The minimum absolute atomic E-state index is 0.110. The molecule has 3 rings (SSSR count). The largest absolute Gasteiger partial charge is 0.369 e. The molecule has 20 heavy (non-hydrogen) atoms. The quantitative estimate of drug-likeness (QED) is 0.802. The second-order valence-corrected chi connectivity index (χ2v) is 5.53. The van der Waals surface area contributed by atoms with Gasteiger partial charge >= 0.3 is 0 Å². The van der Waals surface area contributed by atoms with Crippen LogP contribution in [0.15, 0.2) is 23.6 Å². The molecule has 0 aliphatic heterocycles. The number of hydrogen-bond donors (Lipinski definition) is 1. The van der Waals surface area contributed by atoms with Gasteiger partial charge in [-0.05, 0) is 23.4 Å². The second kappa shape index (κ2) is 4.86. The molecule has 0 fully saturated rings. The van der Waals surface area contributed by atoms with Gasteiger partial charge in [-0.15, -0.1) is 11.3 Å². The molecule has 0 aliphatic rings. The Hall–Kier alpha value is -1.95. The van der Waals surface area contributed by atoms with Gasteiger partial charge in [0.2, 0.25) is 5.95 Å². The minimum Gasteiger partial charge on any atom is -0.369 e. The summed E-state index contributed by atoms with van der Waals surface area (Å²) in [7, 11) is 0. The van der Waals surface area contributed by atoms with E-state index in [9.17, 15) is 8.78 Å². The summed E-state index contributed by atoms with van der Waals surface area (Å²) in [5.74, 6) is -1.12. The van der Waals surface area contributed by atoms with Crippen LogP contribution in [0, 0.1) is 11.6 Å². The minimum atomic E-state index is -0.688. The first-order valence-electron chi connectivity index (χ1n) is 6.26. The summed E-state index contributed by atoms with van der Waals surface area (Å²) in [6.07, 6.45) is 0.911. The van der Waals surface area contributed by atoms with Gasteiger partial charge < -0.3 is 10.3 Å². The molecule has 0 spiro atoms. The van der Waals surface area contributed by atoms with Gasteiger partial charge in [0.1, 0.15) is 11.3 Å². The SMILES string of the molecule is CCc1ccsc1Cn1c(N)nc2c(F)cc(F)cc21. The Labute approximate surface area is 118 Å². The fourth-order valence-corrected chi connectivity index (χ4v) is 3.26. The summed E-state index contributed by atoms with van der Waals surface area (Å²) in [6, 6.07) is 4.14. The Bertz CT molecular complexity index is 776. The molecule has 0 bridgehead atoms. The predicted octanol–water partition coefficient (Wildman–Crippen LogP) is 3.57. The van der Waals surface area contributed by atoms with Crippen LogP contribution in [-0.2, 0) is 13.0 Å². The van der Waals surface area contributed by atoms with Crippen molar-refractivity contribution in [3.05, 3.63) is 45.7 Å². The number of aromatic nitrogens is 2. The van der Waals surface area contributed by atoms with E-state index in [1.807, 2.05) is 5.38 Å². The molecule has 3 aromatic rings. The monoisotopic (exact) mass is 293 g/mol. The molecule has 0 radical (unpaired) electrons. The third-order valence-corrected chi connectivity index (χ3v) is 4.27. The topological polar surface area (TPSA) is 43.8 Å². The molecule has 0 atom stereocenters. The van der Waals surface area contributed by atoms with Crippen LogP contribution in [0.2, 0.25) is 0 Å². The van der Waals surface area contributed by atoms with Crippen LogP contribution in [-0.4, -0.2) is 9.55 Å². The number of benzene rings is 1. The average Bonchev–Trinajstić information content (AvgIpc) is 2.97. The van der Waals surface area contributed by atoms with E-state index < -0.39 is 11.6 Å². The van der Waals surface area contributed by atoms with Gasteiger partial charge in [0.25, 0.3) is 0 Å². The van der Waals surface area contributed by atoms with Crippen molar-refractivity contribution in [3.63, 3.8) is 0 Å². The Balaban J connectivity index is 2.14. The van der Waals surface area contributed by atoms with E-state index in [0.29, 0.717) is 12.1 Å². The highest BCUT2D eigenvalue weighted by atomic mass is 32.1. The predicted molar refractivity (Wildman–Crippen MR) is 76.9 cm³/mol. The standard InChI is InChI=1S/C14H13F2N3S/c1-2-8-3-4-20-12(8)7-19-11-6-9(15)5-10(16)13(11)18-14(19)17/h3-6H,2,7H2,1H3,(H2,17,18). The zero-order valence-corrected chi connectivity index (χ0v) is 11.7. The van der Waals surface area contributed by atoms with Crippen molar-refractivity contribution in [1.82, 2.24) is 9.55 Å². The molecular weight excluding hydrogens is 280 g/mol. The lowest BCUT2D eigenvalue weighted by Crippen LogP contribution is -2.04. The fraction of sp³-hybridized carbons (Fsp3) is 0.214. The smallest absolute Gasteiger partial charge is 0.201 e. The lowest BCUT2D eigenvalue weighted by molar-refractivity contribution is 0.590. The molecule has 0 saturated heterocycles. The van der Waals surface area contributed by atoms with E-state index in [1.54, 1.807) is 15.9 Å². The number of fused-ring (bicyclic) bond motifs is 1.